The molecule has 7 heteroatoms. The average molecular weight is 319 g/mol. The van der Waals surface area contributed by atoms with E-state index in [9.17, 15) is 4.79 Å². The lowest BCUT2D eigenvalue weighted by atomic mass is 9.93. The van der Waals surface area contributed by atoms with Crippen LogP contribution in [0.5, 0.6) is 0 Å². The molecule has 0 saturated carbocycles. The van der Waals surface area contributed by atoms with Gasteiger partial charge in [-0.2, -0.15) is 0 Å². The average Bonchev–Trinajstić information content (AvgIpc) is 2.55. The SMILES string of the molecule is Cc1nc(C2CCN(CC(N)=O)CC2)cc(N2CCOCC2)n1. The van der Waals surface area contributed by atoms with Crippen molar-refractivity contribution >= 4 is 11.7 Å². The molecule has 3 rings (SSSR count). The van der Waals surface area contributed by atoms with Gasteiger partial charge in [0.1, 0.15) is 11.6 Å². The summed E-state index contributed by atoms with van der Waals surface area (Å²) >= 11 is 0. The maximum atomic E-state index is 11.0. The first-order valence-corrected chi connectivity index (χ1v) is 8.31. The summed E-state index contributed by atoms with van der Waals surface area (Å²) in [4.78, 5) is 24.7. The molecule has 126 valence electrons. The Morgan fingerprint density at radius 3 is 2.61 bits per heavy atom. The van der Waals surface area contributed by atoms with Gasteiger partial charge in [-0.15, -0.1) is 0 Å². The number of carbonyl (C=O) groups excluding carboxylic acids is 1. The van der Waals surface area contributed by atoms with Crippen molar-refractivity contribution in [2.24, 2.45) is 5.73 Å². The zero-order valence-electron chi connectivity index (χ0n) is 13.7. The van der Waals surface area contributed by atoms with Gasteiger partial charge < -0.3 is 15.4 Å². The topological polar surface area (TPSA) is 84.6 Å². The standard InChI is InChI=1S/C16H25N5O2/c1-12-18-14(10-16(19-12)21-6-8-23-9-7-21)13-2-4-20(5-3-13)11-15(17)22/h10,13H,2-9,11H2,1H3,(H2,17,22). The second-order valence-electron chi connectivity index (χ2n) is 6.31. The van der Waals surface area contributed by atoms with Crippen molar-refractivity contribution in [1.29, 1.82) is 0 Å². The second-order valence-corrected chi connectivity index (χ2v) is 6.31. The first-order valence-electron chi connectivity index (χ1n) is 8.31. The third-order valence-electron chi connectivity index (χ3n) is 4.56. The predicted molar refractivity (Wildman–Crippen MR) is 87.4 cm³/mol. The molecule has 2 saturated heterocycles. The van der Waals surface area contributed by atoms with Crippen LogP contribution < -0.4 is 10.6 Å². The summed E-state index contributed by atoms with van der Waals surface area (Å²) in [6.45, 7) is 7.37. The zero-order chi connectivity index (χ0) is 16.2. The number of aryl methyl sites for hydroxylation is 1. The number of likely N-dealkylation sites (tertiary alicyclic amines) is 1. The van der Waals surface area contributed by atoms with E-state index in [1.165, 1.54) is 0 Å². The molecular weight excluding hydrogens is 294 g/mol. The zero-order valence-corrected chi connectivity index (χ0v) is 13.7. The lowest BCUT2D eigenvalue weighted by Gasteiger charge is -2.32. The number of rotatable bonds is 4. The van der Waals surface area contributed by atoms with Crippen LogP contribution in [-0.4, -0.2) is 66.7 Å². The molecular formula is C16H25N5O2. The molecule has 2 aliphatic heterocycles. The van der Waals surface area contributed by atoms with Crippen molar-refractivity contribution in [2.45, 2.75) is 25.7 Å². The normalized spacial score (nSPS) is 20.7. The molecule has 2 fully saturated rings. The molecule has 1 aromatic rings. The summed E-state index contributed by atoms with van der Waals surface area (Å²) in [5.74, 6) is 2.01. The van der Waals surface area contributed by atoms with Crippen LogP contribution in [0.2, 0.25) is 0 Å². The fraction of sp³-hybridized carbons (Fsp3) is 0.688. The van der Waals surface area contributed by atoms with Crippen LogP contribution in [0.3, 0.4) is 0 Å². The van der Waals surface area contributed by atoms with Gasteiger partial charge in [-0.25, -0.2) is 9.97 Å². The molecule has 0 aliphatic carbocycles. The van der Waals surface area contributed by atoms with Gasteiger partial charge in [0.15, 0.2) is 0 Å². The fourth-order valence-electron chi connectivity index (χ4n) is 3.35. The monoisotopic (exact) mass is 319 g/mol. The van der Waals surface area contributed by atoms with Gasteiger partial charge in [-0.3, -0.25) is 9.69 Å². The molecule has 2 aliphatic rings. The summed E-state index contributed by atoms with van der Waals surface area (Å²) in [5.41, 5.74) is 6.40. The molecule has 0 unspecified atom stereocenters. The number of aromatic nitrogens is 2. The Bertz CT molecular complexity index is 551. The molecule has 1 amide bonds. The number of piperidine rings is 1. The quantitative estimate of drug-likeness (QED) is 0.858. The van der Waals surface area contributed by atoms with Crippen LogP contribution in [0.1, 0.15) is 30.3 Å². The highest BCUT2D eigenvalue weighted by Gasteiger charge is 2.24. The minimum atomic E-state index is -0.254. The van der Waals surface area contributed by atoms with Crippen molar-refractivity contribution in [3.63, 3.8) is 0 Å². The Morgan fingerprint density at radius 1 is 1.26 bits per heavy atom. The Labute approximate surface area is 136 Å². The van der Waals surface area contributed by atoms with Crippen LogP contribution in [0.25, 0.3) is 0 Å². The lowest BCUT2D eigenvalue weighted by molar-refractivity contribution is -0.119. The molecule has 23 heavy (non-hydrogen) atoms. The van der Waals surface area contributed by atoms with E-state index < -0.39 is 0 Å². The summed E-state index contributed by atoms with van der Waals surface area (Å²) in [5, 5.41) is 0. The Morgan fingerprint density at radius 2 is 1.96 bits per heavy atom. The van der Waals surface area contributed by atoms with Crippen molar-refractivity contribution in [3.8, 4) is 0 Å². The van der Waals surface area contributed by atoms with Gasteiger partial charge in [0.2, 0.25) is 5.91 Å². The minimum absolute atomic E-state index is 0.254. The Balaban J connectivity index is 1.68. The Hall–Kier alpha value is -1.73. The number of ether oxygens (including phenoxy) is 1. The van der Waals surface area contributed by atoms with Crippen molar-refractivity contribution in [1.82, 2.24) is 14.9 Å². The van der Waals surface area contributed by atoms with Gasteiger partial charge in [-0.05, 0) is 32.9 Å². The van der Waals surface area contributed by atoms with Crippen molar-refractivity contribution in [3.05, 3.63) is 17.6 Å². The van der Waals surface area contributed by atoms with Crippen LogP contribution in [0, 0.1) is 6.92 Å². The molecule has 0 bridgehead atoms. The highest BCUT2D eigenvalue weighted by atomic mass is 16.5. The third-order valence-corrected chi connectivity index (χ3v) is 4.56. The molecule has 0 radical (unpaired) electrons. The third kappa shape index (κ3) is 4.17. The van der Waals surface area contributed by atoms with Gasteiger partial charge in [0, 0.05) is 30.8 Å². The first-order chi connectivity index (χ1) is 11.1. The number of hydrogen-bond donors (Lipinski definition) is 1. The molecule has 7 nitrogen and oxygen atoms in total. The van der Waals surface area contributed by atoms with E-state index in [-0.39, 0.29) is 5.91 Å². The van der Waals surface area contributed by atoms with E-state index >= 15 is 0 Å². The molecule has 0 aromatic carbocycles. The largest absolute Gasteiger partial charge is 0.378 e. The number of hydrogen-bond acceptors (Lipinski definition) is 6. The molecule has 2 N–H and O–H groups in total. The number of nitrogens with zero attached hydrogens (tertiary/aromatic N) is 4. The number of primary amides is 1. The van der Waals surface area contributed by atoms with Crippen LogP contribution in [0.4, 0.5) is 5.82 Å². The lowest BCUT2D eigenvalue weighted by Crippen LogP contribution is -2.39. The number of anilines is 1. The number of carbonyl (C=O) groups is 1. The summed E-state index contributed by atoms with van der Waals surface area (Å²) in [6.07, 6.45) is 2.01. The number of morpholine rings is 1. The van der Waals surface area contributed by atoms with Gasteiger partial charge >= 0.3 is 0 Å². The second kappa shape index (κ2) is 7.23. The highest BCUT2D eigenvalue weighted by molar-refractivity contribution is 5.75. The predicted octanol–water partition coefficient (Wildman–Crippen LogP) is 0.286. The van der Waals surface area contributed by atoms with E-state index in [4.69, 9.17) is 10.5 Å². The van der Waals surface area contributed by atoms with Gasteiger partial charge in [0.05, 0.1) is 19.8 Å². The van der Waals surface area contributed by atoms with Gasteiger partial charge in [0.25, 0.3) is 0 Å². The first kappa shape index (κ1) is 16.1. The summed E-state index contributed by atoms with van der Waals surface area (Å²) in [6, 6.07) is 2.13. The molecule has 0 atom stereocenters. The van der Waals surface area contributed by atoms with Crippen molar-refractivity contribution in [2.75, 3.05) is 50.8 Å². The van der Waals surface area contributed by atoms with E-state index in [0.717, 1.165) is 69.6 Å². The van der Waals surface area contributed by atoms with E-state index in [2.05, 4.69) is 25.8 Å². The highest BCUT2D eigenvalue weighted by Crippen LogP contribution is 2.28. The molecule has 1 aromatic heterocycles. The van der Waals surface area contributed by atoms with Crippen LogP contribution >= 0.6 is 0 Å². The van der Waals surface area contributed by atoms with Crippen molar-refractivity contribution < 1.29 is 9.53 Å². The maximum Gasteiger partial charge on any atom is 0.231 e. The van der Waals surface area contributed by atoms with E-state index in [0.29, 0.717) is 12.5 Å². The molecule has 3 heterocycles. The number of amides is 1. The summed E-state index contributed by atoms with van der Waals surface area (Å²) < 4.78 is 5.41. The maximum absolute atomic E-state index is 11.0. The van der Waals surface area contributed by atoms with E-state index in [1.807, 2.05) is 6.92 Å². The summed E-state index contributed by atoms with van der Waals surface area (Å²) in [7, 11) is 0. The Kier molecular flexibility index (Phi) is 5.07. The molecule has 0 spiro atoms. The minimum Gasteiger partial charge on any atom is -0.378 e. The van der Waals surface area contributed by atoms with Crippen LogP contribution in [-0.2, 0) is 9.53 Å². The smallest absolute Gasteiger partial charge is 0.231 e. The fourth-order valence-corrected chi connectivity index (χ4v) is 3.35. The van der Waals surface area contributed by atoms with Crippen LogP contribution in [0.15, 0.2) is 6.07 Å². The number of nitrogens with two attached hydrogens (primary N) is 1. The van der Waals surface area contributed by atoms with Gasteiger partial charge in [-0.1, -0.05) is 0 Å². The van der Waals surface area contributed by atoms with E-state index in [1.54, 1.807) is 0 Å².